The maximum atomic E-state index is 4.64. The van der Waals surface area contributed by atoms with Gasteiger partial charge >= 0.3 is 0 Å². The Bertz CT molecular complexity index is 83.8. The van der Waals surface area contributed by atoms with Gasteiger partial charge in [0.05, 0.1) is 10.4 Å². The van der Waals surface area contributed by atoms with E-state index < -0.39 is 8.40 Å². The molecule has 0 unspecified atom stereocenters. The van der Waals surface area contributed by atoms with Crippen molar-refractivity contribution in [3.05, 3.63) is 0 Å². The standard InChI is InChI=1S/C6H18N2Si.H5NSi/c1-7(2)9(5,6)8(3)4;1-2/h1-6H3;1H2,2H3. The molecule has 0 aliphatic heterocycles. The lowest BCUT2D eigenvalue weighted by molar-refractivity contribution is 0.495. The van der Waals surface area contributed by atoms with Gasteiger partial charge in [-0.3, -0.25) is 0 Å². The smallest absolute Gasteiger partial charge is 0.199 e. The third-order valence-electron chi connectivity index (χ3n) is 2.19. The van der Waals surface area contributed by atoms with E-state index >= 15 is 0 Å². The van der Waals surface area contributed by atoms with Crippen molar-refractivity contribution in [3.8, 4) is 0 Å². The van der Waals surface area contributed by atoms with E-state index in [1.165, 1.54) is 0 Å². The summed E-state index contributed by atoms with van der Waals surface area (Å²) in [6.07, 6.45) is 0. The van der Waals surface area contributed by atoms with E-state index in [-0.39, 0.29) is 0 Å². The van der Waals surface area contributed by atoms with E-state index in [1.807, 2.05) is 0 Å². The van der Waals surface area contributed by atoms with Crippen LogP contribution < -0.4 is 5.40 Å². The van der Waals surface area contributed by atoms with Crippen LogP contribution in [0.5, 0.6) is 0 Å². The van der Waals surface area contributed by atoms with Gasteiger partial charge in [-0.25, -0.2) is 0 Å². The lowest BCUT2D eigenvalue weighted by Crippen LogP contribution is -2.55. The molecule has 0 saturated carbocycles. The third-order valence-corrected chi connectivity index (χ3v) is 6.57. The van der Waals surface area contributed by atoms with Crippen molar-refractivity contribution in [2.45, 2.75) is 13.1 Å². The molecule has 70 valence electrons. The van der Waals surface area contributed by atoms with Crippen LogP contribution in [0, 0.1) is 0 Å². The van der Waals surface area contributed by atoms with Gasteiger partial charge in [0.15, 0.2) is 8.40 Å². The quantitative estimate of drug-likeness (QED) is 0.573. The first kappa shape index (κ1) is 13.9. The Hall–Kier alpha value is 0.314. The summed E-state index contributed by atoms with van der Waals surface area (Å²) in [4.78, 5) is 0. The van der Waals surface area contributed by atoms with Crippen molar-refractivity contribution in [1.82, 2.24) is 9.13 Å². The average Bonchev–Trinajstić information content (AvgIpc) is 1.91. The Morgan fingerprint density at radius 1 is 0.909 bits per heavy atom. The second-order valence-corrected chi connectivity index (χ2v) is 8.06. The molecule has 0 saturated heterocycles. The van der Waals surface area contributed by atoms with Crippen LogP contribution in [0.4, 0.5) is 0 Å². The van der Waals surface area contributed by atoms with Crippen LogP contribution in [0.3, 0.4) is 0 Å². The molecule has 0 aliphatic rings. The molecule has 0 aromatic carbocycles. The van der Waals surface area contributed by atoms with E-state index in [1.54, 1.807) is 0 Å². The topological polar surface area (TPSA) is 32.5 Å². The normalized spacial score (nSPS) is 11.7. The molecule has 0 bridgehead atoms. The van der Waals surface area contributed by atoms with Crippen molar-refractivity contribution in [1.29, 1.82) is 0 Å². The minimum Gasteiger partial charge on any atom is -0.358 e. The Balaban J connectivity index is 0. The largest absolute Gasteiger partial charge is 0.358 e. The second-order valence-electron chi connectivity index (χ2n) is 3.28. The molecule has 2 N–H and O–H groups in total. The van der Waals surface area contributed by atoms with Crippen molar-refractivity contribution in [2.24, 2.45) is 5.40 Å². The molecule has 3 nitrogen and oxygen atoms in total. The van der Waals surface area contributed by atoms with Crippen molar-refractivity contribution < 1.29 is 0 Å². The van der Waals surface area contributed by atoms with Crippen molar-refractivity contribution >= 4 is 18.8 Å². The van der Waals surface area contributed by atoms with Crippen LogP contribution in [-0.2, 0) is 0 Å². The Kier molecular flexibility index (Phi) is 7.44. The molecule has 11 heavy (non-hydrogen) atoms. The van der Waals surface area contributed by atoms with E-state index in [4.69, 9.17) is 0 Å². The van der Waals surface area contributed by atoms with Gasteiger partial charge < -0.3 is 14.5 Å². The highest BCUT2D eigenvalue weighted by molar-refractivity contribution is 6.71. The molecule has 0 aromatic rings. The van der Waals surface area contributed by atoms with E-state index in [0.29, 0.717) is 0 Å². The third kappa shape index (κ3) is 4.70. The van der Waals surface area contributed by atoms with Crippen LogP contribution in [0.1, 0.15) is 0 Å². The molecular weight excluding hydrogens is 170 g/mol. The highest BCUT2D eigenvalue weighted by atomic mass is 28.3. The molecule has 0 heterocycles. The maximum Gasteiger partial charge on any atom is 0.199 e. The van der Waals surface area contributed by atoms with Crippen LogP contribution in [-0.4, -0.2) is 56.1 Å². The minimum atomic E-state index is -1.19. The van der Waals surface area contributed by atoms with Crippen molar-refractivity contribution in [2.75, 3.05) is 28.2 Å². The zero-order valence-electron chi connectivity index (χ0n) is 8.97. The highest BCUT2D eigenvalue weighted by Crippen LogP contribution is 2.06. The lowest BCUT2D eigenvalue weighted by atomic mass is 11.2. The van der Waals surface area contributed by atoms with Gasteiger partial charge in [-0.05, 0) is 41.3 Å². The van der Waals surface area contributed by atoms with Gasteiger partial charge in [-0.1, -0.05) is 0 Å². The average molecular weight is 193 g/mol. The number of rotatable bonds is 2. The first-order valence-corrected chi connectivity index (χ1v) is 7.86. The van der Waals surface area contributed by atoms with Gasteiger partial charge in [0.1, 0.15) is 0 Å². The zero-order chi connectivity index (χ0) is 9.65. The fraction of sp³-hybridized carbons (Fsp3) is 1.00. The van der Waals surface area contributed by atoms with E-state index in [2.05, 4.69) is 55.8 Å². The summed E-state index contributed by atoms with van der Waals surface area (Å²) in [7, 11) is 8.19. The molecule has 0 amide bonds. The Labute approximate surface area is 75.2 Å². The summed E-state index contributed by atoms with van der Waals surface area (Å²) in [6.45, 7) is 4.65. The zero-order valence-corrected chi connectivity index (χ0v) is 12.0. The predicted octanol–water partition coefficient (Wildman–Crippen LogP) is -0.963. The van der Waals surface area contributed by atoms with Crippen LogP contribution >= 0.6 is 0 Å². The summed E-state index contributed by atoms with van der Waals surface area (Å²) in [5.41, 5.74) is 0. The van der Waals surface area contributed by atoms with Crippen molar-refractivity contribution in [3.63, 3.8) is 0 Å². The SMILES string of the molecule is CN(C)[Si](C)(C)N(C)C.N[SiH3]. The maximum absolute atomic E-state index is 4.64. The highest BCUT2D eigenvalue weighted by Gasteiger charge is 2.26. The number of hydrogen-bond donors (Lipinski definition) is 1. The van der Waals surface area contributed by atoms with Crippen LogP contribution in [0.2, 0.25) is 13.1 Å². The molecule has 0 aliphatic carbocycles. The molecule has 0 atom stereocenters. The summed E-state index contributed by atoms with van der Waals surface area (Å²) in [6, 6.07) is 0. The fourth-order valence-electron chi connectivity index (χ4n) is 0.400. The fourth-order valence-corrected chi connectivity index (χ4v) is 1.20. The number of nitrogens with two attached hydrogens (primary N) is 1. The van der Waals surface area contributed by atoms with Gasteiger partial charge in [0.25, 0.3) is 0 Å². The first-order chi connectivity index (χ1) is 4.89. The molecule has 0 fully saturated rings. The van der Waals surface area contributed by atoms with Gasteiger partial charge in [-0.2, -0.15) is 0 Å². The van der Waals surface area contributed by atoms with E-state index in [9.17, 15) is 0 Å². The monoisotopic (exact) mass is 193 g/mol. The summed E-state index contributed by atoms with van der Waals surface area (Å²) < 4.78 is 4.65. The van der Waals surface area contributed by atoms with Crippen LogP contribution in [0.15, 0.2) is 0 Å². The molecule has 0 aromatic heterocycles. The van der Waals surface area contributed by atoms with Crippen LogP contribution in [0.25, 0.3) is 0 Å². The predicted molar refractivity (Wildman–Crippen MR) is 59.0 cm³/mol. The van der Waals surface area contributed by atoms with Gasteiger partial charge in [-0.15, -0.1) is 0 Å². The molecule has 0 spiro atoms. The number of nitrogens with zero attached hydrogens (tertiary/aromatic N) is 2. The van der Waals surface area contributed by atoms with Gasteiger partial charge in [0.2, 0.25) is 0 Å². The Morgan fingerprint density at radius 2 is 1.09 bits per heavy atom. The van der Waals surface area contributed by atoms with E-state index in [0.717, 1.165) is 10.4 Å². The van der Waals surface area contributed by atoms with Gasteiger partial charge in [0, 0.05) is 0 Å². The minimum absolute atomic E-state index is 0.806. The lowest BCUT2D eigenvalue weighted by Gasteiger charge is -2.35. The molecule has 0 rings (SSSR count). The molecule has 5 heteroatoms. The number of hydrogen-bond acceptors (Lipinski definition) is 3. The summed E-state index contributed by atoms with van der Waals surface area (Å²) >= 11 is 0. The first-order valence-electron chi connectivity index (χ1n) is 3.81. The molecular formula is C6H23N3Si2. The summed E-state index contributed by atoms with van der Waals surface area (Å²) in [5, 5.41) is 4.64. The summed E-state index contributed by atoms with van der Waals surface area (Å²) in [5.74, 6) is 0. The molecule has 0 radical (unpaired) electrons. The second kappa shape index (κ2) is 5.90. The Morgan fingerprint density at radius 3 is 1.09 bits per heavy atom.